The Kier molecular flexibility index (Phi) is 6.68. The molecule has 0 bridgehead atoms. The minimum atomic E-state index is -0.237. The quantitative estimate of drug-likeness (QED) is 0.724. The molecule has 102 valence electrons. The van der Waals surface area contributed by atoms with Crippen LogP contribution in [-0.4, -0.2) is 26.9 Å². The van der Waals surface area contributed by atoms with E-state index in [1.54, 1.807) is 19.2 Å². The standard InChI is InChI=1S/C14H22FNO2/c1-4-18-10-6-9-16-11(2)14-12(15)7-5-8-13(14)17-3/h5,7-8,11,16H,4,6,9-10H2,1-3H3. The number of methoxy groups -OCH3 is 1. The zero-order valence-electron chi connectivity index (χ0n) is 11.3. The average Bonchev–Trinajstić information content (AvgIpc) is 2.37. The normalized spacial score (nSPS) is 12.4. The van der Waals surface area contributed by atoms with Gasteiger partial charge in [0.1, 0.15) is 11.6 Å². The first kappa shape index (κ1) is 14.9. The summed E-state index contributed by atoms with van der Waals surface area (Å²) in [5, 5.41) is 3.27. The summed E-state index contributed by atoms with van der Waals surface area (Å²) in [6.07, 6.45) is 0.912. The Labute approximate surface area is 108 Å². The second-order valence-electron chi connectivity index (χ2n) is 4.08. The molecule has 0 saturated heterocycles. The molecular formula is C14H22FNO2. The second-order valence-corrected chi connectivity index (χ2v) is 4.08. The minimum Gasteiger partial charge on any atom is -0.496 e. The zero-order chi connectivity index (χ0) is 13.4. The topological polar surface area (TPSA) is 30.5 Å². The molecule has 0 saturated carbocycles. The zero-order valence-corrected chi connectivity index (χ0v) is 11.3. The van der Waals surface area contributed by atoms with E-state index in [9.17, 15) is 4.39 Å². The molecule has 18 heavy (non-hydrogen) atoms. The van der Waals surface area contributed by atoms with Crippen LogP contribution in [0.3, 0.4) is 0 Å². The van der Waals surface area contributed by atoms with Crippen LogP contribution in [0.5, 0.6) is 5.75 Å². The molecule has 1 aromatic carbocycles. The lowest BCUT2D eigenvalue weighted by Crippen LogP contribution is -2.22. The van der Waals surface area contributed by atoms with Gasteiger partial charge in [0, 0.05) is 24.8 Å². The molecule has 0 fully saturated rings. The van der Waals surface area contributed by atoms with Gasteiger partial charge in [-0.1, -0.05) is 6.07 Å². The number of rotatable bonds is 8. The molecule has 1 unspecified atom stereocenters. The highest BCUT2D eigenvalue weighted by Crippen LogP contribution is 2.27. The van der Waals surface area contributed by atoms with Crippen molar-refractivity contribution in [3.05, 3.63) is 29.6 Å². The third-order valence-electron chi connectivity index (χ3n) is 2.79. The molecule has 1 N–H and O–H groups in total. The number of benzene rings is 1. The smallest absolute Gasteiger partial charge is 0.131 e. The van der Waals surface area contributed by atoms with Crippen LogP contribution in [0, 0.1) is 5.82 Å². The Morgan fingerprint density at radius 2 is 2.17 bits per heavy atom. The summed E-state index contributed by atoms with van der Waals surface area (Å²) < 4.78 is 24.2. The predicted molar refractivity (Wildman–Crippen MR) is 70.5 cm³/mol. The van der Waals surface area contributed by atoms with Gasteiger partial charge in [-0.15, -0.1) is 0 Å². The Morgan fingerprint density at radius 3 is 2.83 bits per heavy atom. The average molecular weight is 255 g/mol. The van der Waals surface area contributed by atoms with Crippen molar-refractivity contribution in [1.82, 2.24) is 5.32 Å². The van der Waals surface area contributed by atoms with Crippen LogP contribution in [-0.2, 0) is 4.74 Å². The molecule has 1 aromatic rings. The van der Waals surface area contributed by atoms with E-state index in [2.05, 4.69) is 5.32 Å². The number of ether oxygens (including phenoxy) is 2. The van der Waals surface area contributed by atoms with Crippen molar-refractivity contribution >= 4 is 0 Å². The monoisotopic (exact) mass is 255 g/mol. The number of hydrogen-bond donors (Lipinski definition) is 1. The van der Waals surface area contributed by atoms with Crippen molar-refractivity contribution in [2.75, 3.05) is 26.9 Å². The molecule has 1 rings (SSSR count). The maximum absolute atomic E-state index is 13.8. The van der Waals surface area contributed by atoms with Crippen LogP contribution in [0.2, 0.25) is 0 Å². The van der Waals surface area contributed by atoms with Crippen LogP contribution in [0.15, 0.2) is 18.2 Å². The van der Waals surface area contributed by atoms with Gasteiger partial charge in [-0.2, -0.15) is 0 Å². The highest BCUT2D eigenvalue weighted by atomic mass is 19.1. The molecule has 0 aliphatic carbocycles. The van der Waals surface area contributed by atoms with Crippen molar-refractivity contribution < 1.29 is 13.9 Å². The van der Waals surface area contributed by atoms with Crippen molar-refractivity contribution in [3.8, 4) is 5.75 Å². The van der Waals surface area contributed by atoms with E-state index in [1.807, 2.05) is 13.8 Å². The molecule has 0 amide bonds. The Hall–Kier alpha value is -1.13. The number of halogens is 1. The van der Waals surface area contributed by atoms with E-state index >= 15 is 0 Å². The largest absolute Gasteiger partial charge is 0.496 e. The van der Waals surface area contributed by atoms with Gasteiger partial charge in [0.15, 0.2) is 0 Å². The van der Waals surface area contributed by atoms with Crippen LogP contribution in [0.1, 0.15) is 31.9 Å². The van der Waals surface area contributed by atoms with Gasteiger partial charge >= 0.3 is 0 Å². The lowest BCUT2D eigenvalue weighted by atomic mass is 10.1. The van der Waals surface area contributed by atoms with Crippen molar-refractivity contribution in [2.45, 2.75) is 26.3 Å². The van der Waals surface area contributed by atoms with E-state index in [4.69, 9.17) is 9.47 Å². The van der Waals surface area contributed by atoms with Gasteiger partial charge < -0.3 is 14.8 Å². The van der Waals surface area contributed by atoms with Crippen molar-refractivity contribution in [1.29, 1.82) is 0 Å². The molecule has 0 spiro atoms. The predicted octanol–water partition coefficient (Wildman–Crippen LogP) is 2.91. The van der Waals surface area contributed by atoms with E-state index in [0.29, 0.717) is 11.3 Å². The van der Waals surface area contributed by atoms with E-state index in [0.717, 1.165) is 26.2 Å². The maximum Gasteiger partial charge on any atom is 0.131 e. The first-order valence-corrected chi connectivity index (χ1v) is 6.34. The molecule has 1 atom stereocenters. The molecule has 3 nitrogen and oxygen atoms in total. The second kappa shape index (κ2) is 8.06. The lowest BCUT2D eigenvalue weighted by molar-refractivity contribution is 0.144. The fourth-order valence-electron chi connectivity index (χ4n) is 1.85. The molecule has 0 aliphatic heterocycles. The van der Waals surface area contributed by atoms with E-state index in [1.165, 1.54) is 6.07 Å². The molecule has 0 aromatic heterocycles. The van der Waals surface area contributed by atoms with Gasteiger partial charge in [-0.25, -0.2) is 4.39 Å². The SMILES string of the molecule is CCOCCCNC(C)c1c(F)cccc1OC. The first-order chi connectivity index (χ1) is 8.70. The molecule has 0 heterocycles. The van der Waals surface area contributed by atoms with Gasteiger partial charge in [-0.3, -0.25) is 0 Å². The summed E-state index contributed by atoms with van der Waals surface area (Å²) in [6.45, 7) is 6.15. The van der Waals surface area contributed by atoms with Gasteiger partial charge in [0.05, 0.1) is 7.11 Å². The van der Waals surface area contributed by atoms with Gasteiger partial charge in [-0.05, 0) is 38.9 Å². The summed E-state index contributed by atoms with van der Waals surface area (Å²) >= 11 is 0. The fourth-order valence-corrected chi connectivity index (χ4v) is 1.85. The number of nitrogens with one attached hydrogen (secondary N) is 1. The minimum absolute atomic E-state index is 0.0808. The van der Waals surface area contributed by atoms with Crippen LogP contribution >= 0.6 is 0 Å². The summed E-state index contributed by atoms with van der Waals surface area (Å²) in [5.74, 6) is 0.346. The highest BCUT2D eigenvalue weighted by molar-refractivity contribution is 5.36. The molecule has 0 radical (unpaired) electrons. The summed E-state index contributed by atoms with van der Waals surface area (Å²) in [6, 6.07) is 4.80. The van der Waals surface area contributed by atoms with Crippen molar-refractivity contribution in [3.63, 3.8) is 0 Å². The van der Waals surface area contributed by atoms with Crippen molar-refractivity contribution in [2.24, 2.45) is 0 Å². The van der Waals surface area contributed by atoms with Gasteiger partial charge in [0.2, 0.25) is 0 Å². The number of hydrogen-bond acceptors (Lipinski definition) is 3. The Morgan fingerprint density at radius 1 is 1.39 bits per heavy atom. The first-order valence-electron chi connectivity index (χ1n) is 6.34. The van der Waals surface area contributed by atoms with Crippen LogP contribution in [0.4, 0.5) is 4.39 Å². The Bertz CT molecular complexity index is 358. The van der Waals surface area contributed by atoms with Gasteiger partial charge in [0.25, 0.3) is 0 Å². The molecular weight excluding hydrogens is 233 g/mol. The summed E-state index contributed by atoms with van der Waals surface area (Å²) in [4.78, 5) is 0. The lowest BCUT2D eigenvalue weighted by Gasteiger charge is -2.18. The van der Waals surface area contributed by atoms with Crippen LogP contribution < -0.4 is 10.1 Å². The molecule has 0 aliphatic rings. The van der Waals surface area contributed by atoms with Crippen LogP contribution in [0.25, 0.3) is 0 Å². The summed E-state index contributed by atoms with van der Waals surface area (Å²) in [5.41, 5.74) is 0.580. The van der Waals surface area contributed by atoms with E-state index in [-0.39, 0.29) is 11.9 Å². The highest BCUT2D eigenvalue weighted by Gasteiger charge is 2.15. The maximum atomic E-state index is 13.8. The molecule has 4 heteroatoms. The summed E-state index contributed by atoms with van der Waals surface area (Å²) in [7, 11) is 1.56. The fraction of sp³-hybridized carbons (Fsp3) is 0.571. The third kappa shape index (κ3) is 4.27. The van der Waals surface area contributed by atoms with E-state index < -0.39 is 0 Å². The third-order valence-corrected chi connectivity index (χ3v) is 2.79. The Balaban J connectivity index is 2.53.